The van der Waals surface area contributed by atoms with Gasteiger partial charge in [-0.05, 0) is 44.0 Å². The van der Waals surface area contributed by atoms with E-state index in [1.165, 1.54) is 6.07 Å². The van der Waals surface area contributed by atoms with Crippen LogP contribution in [0.25, 0.3) is 11.0 Å². The summed E-state index contributed by atoms with van der Waals surface area (Å²) in [5.74, 6) is 0.349. The quantitative estimate of drug-likeness (QED) is 0.724. The molecule has 3 rings (SSSR count). The van der Waals surface area contributed by atoms with Crippen molar-refractivity contribution < 1.29 is 18.0 Å². The molecule has 0 spiro atoms. The third-order valence-corrected chi connectivity index (χ3v) is 5.01. The Bertz CT molecular complexity index is 1030. The predicted molar refractivity (Wildman–Crippen MR) is 98.6 cm³/mol. The van der Waals surface area contributed by atoms with Gasteiger partial charge in [0.05, 0.1) is 28.8 Å². The van der Waals surface area contributed by atoms with E-state index < -0.39 is 11.7 Å². The van der Waals surface area contributed by atoms with Crippen LogP contribution in [0.3, 0.4) is 0 Å². The first-order valence-electron chi connectivity index (χ1n) is 8.86. The highest BCUT2D eigenvalue weighted by Crippen LogP contribution is 2.31. The standard InChI is InChI=1S/C19H22F3N5O/c1-11-14(12(2)27(4)25-11)6-8-18(28)23-10-17-24-15-9-13(19(20,21)22)5-7-16(15)26(17)3/h5,7,9H,6,8,10H2,1-4H3,(H,23,28). The number of benzene rings is 1. The van der Waals surface area contributed by atoms with Crippen molar-refractivity contribution in [2.45, 2.75) is 39.4 Å². The fourth-order valence-corrected chi connectivity index (χ4v) is 3.27. The topological polar surface area (TPSA) is 64.7 Å². The van der Waals surface area contributed by atoms with Crippen molar-refractivity contribution in [1.82, 2.24) is 24.6 Å². The molecule has 2 heterocycles. The van der Waals surface area contributed by atoms with Crippen molar-refractivity contribution in [3.05, 3.63) is 46.5 Å². The molecular formula is C19H22F3N5O. The van der Waals surface area contributed by atoms with Gasteiger partial charge in [-0.1, -0.05) is 0 Å². The smallest absolute Gasteiger partial charge is 0.349 e. The molecule has 3 aromatic rings. The normalized spacial score (nSPS) is 12.0. The number of alkyl halides is 3. The third-order valence-electron chi connectivity index (χ3n) is 5.01. The molecule has 0 aliphatic rings. The van der Waals surface area contributed by atoms with Gasteiger partial charge in [-0.2, -0.15) is 18.3 Å². The number of nitrogens with one attached hydrogen (secondary N) is 1. The van der Waals surface area contributed by atoms with Gasteiger partial charge in [0.2, 0.25) is 5.91 Å². The molecular weight excluding hydrogens is 371 g/mol. The number of hydrogen-bond donors (Lipinski definition) is 1. The molecule has 0 saturated heterocycles. The SMILES string of the molecule is Cc1nn(C)c(C)c1CCC(=O)NCc1nc2cc(C(F)(F)F)ccc2n1C. The van der Waals surface area contributed by atoms with Crippen LogP contribution in [-0.4, -0.2) is 25.2 Å². The van der Waals surface area contributed by atoms with Crippen LogP contribution in [0.2, 0.25) is 0 Å². The summed E-state index contributed by atoms with van der Waals surface area (Å²) < 4.78 is 42.1. The zero-order valence-electron chi connectivity index (χ0n) is 16.2. The summed E-state index contributed by atoms with van der Waals surface area (Å²) in [6.45, 7) is 4.02. The molecule has 0 aliphatic carbocycles. The van der Waals surface area contributed by atoms with Crippen LogP contribution in [0.1, 0.15) is 34.8 Å². The van der Waals surface area contributed by atoms with Crippen molar-refractivity contribution in [3.63, 3.8) is 0 Å². The summed E-state index contributed by atoms with van der Waals surface area (Å²) in [6.07, 6.45) is -3.53. The van der Waals surface area contributed by atoms with Gasteiger partial charge in [-0.3, -0.25) is 9.48 Å². The van der Waals surface area contributed by atoms with Crippen LogP contribution in [0.15, 0.2) is 18.2 Å². The highest BCUT2D eigenvalue weighted by atomic mass is 19.4. The van der Waals surface area contributed by atoms with Gasteiger partial charge in [0.15, 0.2) is 0 Å². The molecule has 150 valence electrons. The second-order valence-electron chi connectivity index (χ2n) is 6.84. The summed E-state index contributed by atoms with van der Waals surface area (Å²) in [6, 6.07) is 3.45. The summed E-state index contributed by atoms with van der Waals surface area (Å²) in [5, 5.41) is 7.12. The summed E-state index contributed by atoms with van der Waals surface area (Å²) in [7, 11) is 3.58. The average molecular weight is 393 g/mol. The van der Waals surface area contributed by atoms with Gasteiger partial charge in [-0.25, -0.2) is 4.98 Å². The fourth-order valence-electron chi connectivity index (χ4n) is 3.27. The molecule has 2 aromatic heterocycles. The van der Waals surface area contributed by atoms with E-state index in [4.69, 9.17) is 0 Å². The van der Waals surface area contributed by atoms with Crippen molar-refractivity contribution >= 4 is 16.9 Å². The molecule has 0 fully saturated rings. The Morgan fingerprint density at radius 2 is 1.93 bits per heavy atom. The zero-order valence-corrected chi connectivity index (χ0v) is 16.2. The van der Waals surface area contributed by atoms with Gasteiger partial charge in [0, 0.05) is 26.2 Å². The van der Waals surface area contributed by atoms with E-state index in [1.807, 2.05) is 20.9 Å². The molecule has 1 amide bonds. The number of halogens is 3. The van der Waals surface area contributed by atoms with E-state index in [0.717, 1.165) is 29.1 Å². The van der Waals surface area contributed by atoms with Crippen molar-refractivity contribution in [3.8, 4) is 0 Å². The van der Waals surface area contributed by atoms with Gasteiger partial charge >= 0.3 is 6.18 Å². The van der Waals surface area contributed by atoms with E-state index in [2.05, 4.69) is 15.4 Å². The molecule has 9 heteroatoms. The molecule has 0 unspecified atom stereocenters. The molecule has 0 radical (unpaired) electrons. The number of amides is 1. The number of imidazole rings is 1. The maximum Gasteiger partial charge on any atom is 0.416 e. The Labute approximate surface area is 160 Å². The Balaban J connectivity index is 1.66. The summed E-state index contributed by atoms with van der Waals surface area (Å²) >= 11 is 0. The average Bonchev–Trinajstić information content (AvgIpc) is 3.06. The molecule has 1 aromatic carbocycles. The summed E-state index contributed by atoms with van der Waals surface area (Å²) in [4.78, 5) is 16.5. The molecule has 28 heavy (non-hydrogen) atoms. The lowest BCUT2D eigenvalue weighted by Crippen LogP contribution is -2.24. The molecule has 0 bridgehead atoms. The van der Waals surface area contributed by atoms with Crippen LogP contribution in [0.5, 0.6) is 0 Å². The Morgan fingerprint density at radius 3 is 2.54 bits per heavy atom. The molecule has 0 saturated carbocycles. The number of carbonyl (C=O) groups excluding carboxylic acids is 1. The molecule has 1 N–H and O–H groups in total. The fraction of sp³-hybridized carbons (Fsp3) is 0.421. The minimum atomic E-state index is -4.41. The monoisotopic (exact) mass is 393 g/mol. The van der Waals surface area contributed by atoms with Crippen LogP contribution in [0.4, 0.5) is 13.2 Å². The van der Waals surface area contributed by atoms with E-state index in [1.54, 1.807) is 16.3 Å². The first-order valence-corrected chi connectivity index (χ1v) is 8.86. The number of aryl methyl sites for hydroxylation is 3. The molecule has 0 aliphatic heterocycles. The largest absolute Gasteiger partial charge is 0.416 e. The number of aromatic nitrogens is 4. The first kappa shape index (κ1) is 19.9. The second kappa shape index (κ2) is 7.29. The number of nitrogens with zero attached hydrogens (tertiary/aromatic N) is 4. The van der Waals surface area contributed by atoms with Crippen LogP contribution < -0.4 is 5.32 Å². The highest BCUT2D eigenvalue weighted by molar-refractivity contribution is 5.78. The van der Waals surface area contributed by atoms with Gasteiger partial charge in [0.25, 0.3) is 0 Å². The van der Waals surface area contributed by atoms with E-state index >= 15 is 0 Å². The maximum atomic E-state index is 12.9. The van der Waals surface area contributed by atoms with Crippen LogP contribution >= 0.6 is 0 Å². The van der Waals surface area contributed by atoms with Crippen LogP contribution in [-0.2, 0) is 38.0 Å². The number of carbonyl (C=O) groups is 1. The number of fused-ring (bicyclic) bond motifs is 1. The minimum Gasteiger partial charge on any atom is -0.349 e. The minimum absolute atomic E-state index is 0.148. The Hall–Kier alpha value is -2.84. The van der Waals surface area contributed by atoms with Crippen LogP contribution in [0, 0.1) is 13.8 Å². The third kappa shape index (κ3) is 3.88. The predicted octanol–water partition coefficient (Wildman–Crippen LogP) is 3.19. The van der Waals surface area contributed by atoms with Gasteiger partial charge in [-0.15, -0.1) is 0 Å². The van der Waals surface area contributed by atoms with E-state index in [9.17, 15) is 18.0 Å². The highest BCUT2D eigenvalue weighted by Gasteiger charge is 2.31. The lowest BCUT2D eigenvalue weighted by Gasteiger charge is -2.07. The Morgan fingerprint density at radius 1 is 1.21 bits per heavy atom. The second-order valence-corrected chi connectivity index (χ2v) is 6.84. The van der Waals surface area contributed by atoms with E-state index in [-0.39, 0.29) is 18.0 Å². The zero-order chi connectivity index (χ0) is 20.6. The van der Waals surface area contributed by atoms with E-state index in [0.29, 0.717) is 24.2 Å². The van der Waals surface area contributed by atoms with Crippen molar-refractivity contribution in [2.75, 3.05) is 0 Å². The lowest BCUT2D eigenvalue weighted by atomic mass is 10.1. The lowest BCUT2D eigenvalue weighted by molar-refractivity contribution is -0.137. The van der Waals surface area contributed by atoms with Gasteiger partial charge < -0.3 is 9.88 Å². The number of rotatable bonds is 5. The number of hydrogen-bond acceptors (Lipinski definition) is 3. The summed E-state index contributed by atoms with van der Waals surface area (Å²) in [5.41, 5.74) is 3.09. The molecule has 6 nitrogen and oxygen atoms in total. The van der Waals surface area contributed by atoms with Gasteiger partial charge in [0.1, 0.15) is 5.82 Å². The molecule has 0 atom stereocenters. The maximum absolute atomic E-state index is 12.9. The first-order chi connectivity index (χ1) is 13.1. The Kier molecular flexibility index (Phi) is 5.18. The van der Waals surface area contributed by atoms with Crippen molar-refractivity contribution in [1.29, 1.82) is 0 Å². The van der Waals surface area contributed by atoms with Crippen molar-refractivity contribution in [2.24, 2.45) is 14.1 Å².